The molecule has 0 bridgehead atoms. The highest BCUT2D eigenvalue weighted by Gasteiger charge is 2.26. The third kappa shape index (κ3) is 3.84. The predicted molar refractivity (Wildman–Crippen MR) is 94.1 cm³/mol. The average molecular weight is 394 g/mol. The van der Waals surface area contributed by atoms with Gasteiger partial charge in [0.25, 0.3) is 5.91 Å². The molecule has 6 nitrogen and oxygen atoms in total. The molecule has 0 saturated heterocycles. The van der Waals surface area contributed by atoms with E-state index in [-0.39, 0.29) is 11.8 Å². The van der Waals surface area contributed by atoms with Gasteiger partial charge in [-0.1, -0.05) is 29.8 Å². The number of hydrogen-bond donors (Lipinski definition) is 1. The fourth-order valence-electron chi connectivity index (χ4n) is 2.32. The van der Waals surface area contributed by atoms with Gasteiger partial charge in [0, 0.05) is 4.47 Å². The molecule has 1 N–H and O–H groups in total. The maximum absolute atomic E-state index is 12.5. The Bertz CT molecular complexity index is 738. The molecule has 1 heterocycles. The zero-order valence-corrected chi connectivity index (χ0v) is 15.6. The Morgan fingerprint density at radius 1 is 1.25 bits per heavy atom. The number of esters is 1. The molecule has 1 amide bonds. The van der Waals surface area contributed by atoms with E-state index in [1.54, 1.807) is 4.68 Å². The number of nitrogens with one attached hydrogen (secondary N) is 1. The van der Waals surface area contributed by atoms with Gasteiger partial charge >= 0.3 is 5.97 Å². The third-order valence-corrected chi connectivity index (χ3v) is 4.26. The minimum atomic E-state index is -0.696. The Balaban J connectivity index is 2.25. The van der Waals surface area contributed by atoms with Crippen LogP contribution in [0, 0.1) is 12.8 Å². The molecule has 1 atom stereocenters. The van der Waals surface area contributed by atoms with Gasteiger partial charge in [0.15, 0.2) is 0 Å². The SMILES string of the molecule is COC(=O)C(NC(=O)c1cnn(-c2ccc(Br)cc2)c1C)C(C)C. The first-order valence-electron chi connectivity index (χ1n) is 7.54. The maximum atomic E-state index is 12.5. The lowest BCUT2D eigenvalue weighted by Gasteiger charge is -2.19. The molecule has 0 spiro atoms. The Morgan fingerprint density at radius 2 is 1.88 bits per heavy atom. The van der Waals surface area contributed by atoms with Crippen LogP contribution >= 0.6 is 15.9 Å². The molecule has 1 aromatic carbocycles. The van der Waals surface area contributed by atoms with Crippen LogP contribution in [0.5, 0.6) is 0 Å². The standard InChI is InChI=1S/C17H20BrN3O3/c1-10(2)15(17(23)24-4)20-16(22)14-9-19-21(11(14)3)13-7-5-12(18)6-8-13/h5-10,15H,1-4H3,(H,20,22). The van der Waals surface area contributed by atoms with Gasteiger partial charge in [-0.3, -0.25) is 4.79 Å². The second-order valence-electron chi connectivity index (χ2n) is 5.75. The summed E-state index contributed by atoms with van der Waals surface area (Å²) in [5.74, 6) is -0.889. The Morgan fingerprint density at radius 3 is 2.42 bits per heavy atom. The van der Waals surface area contributed by atoms with Gasteiger partial charge in [-0.2, -0.15) is 5.10 Å². The number of methoxy groups -OCH3 is 1. The number of halogens is 1. The Labute approximate surface area is 149 Å². The molecule has 7 heteroatoms. The van der Waals surface area contributed by atoms with Gasteiger partial charge < -0.3 is 10.1 Å². The molecule has 1 unspecified atom stereocenters. The largest absolute Gasteiger partial charge is 0.467 e. The molecular formula is C17H20BrN3O3. The fraction of sp³-hybridized carbons (Fsp3) is 0.353. The Kier molecular flexibility index (Phi) is 5.77. The maximum Gasteiger partial charge on any atom is 0.328 e. The monoisotopic (exact) mass is 393 g/mol. The van der Waals surface area contributed by atoms with E-state index in [2.05, 4.69) is 26.3 Å². The number of carbonyl (C=O) groups excluding carboxylic acids is 2. The first kappa shape index (κ1) is 18.2. The summed E-state index contributed by atoms with van der Waals surface area (Å²) < 4.78 is 7.40. The van der Waals surface area contributed by atoms with Crippen LogP contribution in [0.25, 0.3) is 5.69 Å². The van der Waals surface area contributed by atoms with Crippen LogP contribution in [-0.2, 0) is 9.53 Å². The van der Waals surface area contributed by atoms with Crippen molar-refractivity contribution in [3.8, 4) is 5.69 Å². The number of rotatable bonds is 5. The molecular weight excluding hydrogens is 374 g/mol. The molecule has 0 aliphatic heterocycles. The van der Waals surface area contributed by atoms with Crippen LogP contribution in [0.3, 0.4) is 0 Å². The lowest BCUT2D eigenvalue weighted by molar-refractivity contribution is -0.144. The molecule has 0 aliphatic carbocycles. The predicted octanol–water partition coefficient (Wildman–Crippen LogP) is 2.87. The Hall–Kier alpha value is -2.15. The lowest BCUT2D eigenvalue weighted by atomic mass is 10.0. The first-order chi connectivity index (χ1) is 11.3. The zero-order chi connectivity index (χ0) is 17.9. The minimum Gasteiger partial charge on any atom is -0.467 e. The summed E-state index contributed by atoms with van der Waals surface area (Å²) in [6, 6.07) is 6.91. The number of amides is 1. The number of nitrogens with zero attached hydrogens (tertiary/aromatic N) is 2. The van der Waals surface area contributed by atoms with E-state index in [0.717, 1.165) is 10.2 Å². The topological polar surface area (TPSA) is 73.2 Å². The molecule has 0 fully saturated rings. The summed E-state index contributed by atoms with van der Waals surface area (Å²) >= 11 is 3.39. The van der Waals surface area contributed by atoms with Crippen LogP contribution in [0.2, 0.25) is 0 Å². The van der Waals surface area contributed by atoms with Gasteiger partial charge in [0.2, 0.25) is 0 Å². The van der Waals surface area contributed by atoms with Crippen molar-refractivity contribution in [3.05, 3.63) is 46.2 Å². The highest BCUT2D eigenvalue weighted by atomic mass is 79.9. The van der Waals surface area contributed by atoms with Crippen molar-refractivity contribution in [2.75, 3.05) is 7.11 Å². The summed E-state index contributed by atoms with van der Waals surface area (Å²) in [4.78, 5) is 24.3. The molecule has 2 rings (SSSR count). The van der Waals surface area contributed by atoms with Gasteiger partial charge in [0.05, 0.1) is 30.3 Å². The van der Waals surface area contributed by atoms with Gasteiger partial charge in [-0.25, -0.2) is 9.48 Å². The van der Waals surface area contributed by atoms with E-state index in [4.69, 9.17) is 4.74 Å². The van der Waals surface area contributed by atoms with E-state index in [1.165, 1.54) is 13.3 Å². The van der Waals surface area contributed by atoms with Crippen molar-refractivity contribution in [1.82, 2.24) is 15.1 Å². The molecule has 0 saturated carbocycles. The highest BCUT2D eigenvalue weighted by Crippen LogP contribution is 2.17. The van der Waals surface area contributed by atoms with E-state index < -0.39 is 12.0 Å². The van der Waals surface area contributed by atoms with Crippen molar-refractivity contribution in [1.29, 1.82) is 0 Å². The first-order valence-corrected chi connectivity index (χ1v) is 8.33. The quantitative estimate of drug-likeness (QED) is 0.792. The summed E-state index contributed by atoms with van der Waals surface area (Å²) in [5.41, 5.74) is 1.97. The summed E-state index contributed by atoms with van der Waals surface area (Å²) in [6.07, 6.45) is 1.50. The van der Waals surface area contributed by atoms with Crippen molar-refractivity contribution in [2.24, 2.45) is 5.92 Å². The lowest BCUT2D eigenvalue weighted by Crippen LogP contribution is -2.45. The van der Waals surface area contributed by atoms with E-state index in [9.17, 15) is 9.59 Å². The highest BCUT2D eigenvalue weighted by molar-refractivity contribution is 9.10. The molecule has 0 radical (unpaired) electrons. The number of hydrogen-bond acceptors (Lipinski definition) is 4. The number of ether oxygens (including phenoxy) is 1. The molecule has 24 heavy (non-hydrogen) atoms. The van der Waals surface area contributed by atoms with E-state index in [0.29, 0.717) is 11.3 Å². The van der Waals surface area contributed by atoms with Crippen LogP contribution in [0.4, 0.5) is 0 Å². The van der Waals surface area contributed by atoms with Crippen molar-refractivity contribution in [2.45, 2.75) is 26.8 Å². The van der Waals surface area contributed by atoms with Gasteiger partial charge in [0.1, 0.15) is 6.04 Å². The van der Waals surface area contributed by atoms with E-state index in [1.807, 2.05) is 45.0 Å². The van der Waals surface area contributed by atoms with Crippen molar-refractivity contribution in [3.63, 3.8) is 0 Å². The molecule has 128 valence electrons. The van der Waals surface area contributed by atoms with Crippen LogP contribution < -0.4 is 5.32 Å². The van der Waals surface area contributed by atoms with Gasteiger partial charge in [-0.05, 0) is 37.1 Å². The second kappa shape index (κ2) is 7.61. The number of benzene rings is 1. The summed E-state index contributed by atoms with van der Waals surface area (Å²) in [6.45, 7) is 5.51. The summed E-state index contributed by atoms with van der Waals surface area (Å²) in [5, 5.41) is 7.00. The van der Waals surface area contributed by atoms with E-state index >= 15 is 0 Å². The van der Waals surface area contributed by atoms with Crippen LogP contribution in [0.15, 0.2) is 34.9 Å². The zero-order valence-electron chi connectivity index (χ0n) is 14.0. The summed E-state index contributed by atoms with van der Waals surface area (Å²) in [7, 11) is 1.31. The third-order valence-electron chi connectivity index (χ3n) is 3.73. The molecule has 1 aromatic heterocycles. The van der Waals surface area contributed by atoms with Crippen LogP contribution in [0.1, 0.15) is 29.9 Å². The second-order valence-corrected chi connectivity index (χ2v) is 6.67. The van der Waals surface area contributed by atoms with Gasteiger partial charge in [-0.15, -0.1) is 0 Å². The molecule has 2 aromatic rings. The smallest absolute Gasteiger partial charge is 0.328 e. The minimum absolute atomic E-state index is 0.0803. The van der Waals surface area contributed by atoms with Crippen molar-refractivity contribution < 1.29 is 14.3 Å². The van der Waals surface area contributed by atoms with Crippen molar-refractivity contribution >= 4 is 27.8 Å². The molecule has 0 aliphatic rings. The fourth-order valence-corrected chi connectivity index (χ4v) is 2.58. The normalized spacial score (nSPS) is 12.1. The van der Waals surface area contributed by atoms with Crippen LogP contribution in [-0.4, -0.2) is 34.8 Å². The number of carbonyl (C=O) groups is 2. The number of aromatic nitrogens is 2. The average Bonchev–Trinajstić information content (AvgIpc) is 2.94.